The van der Waals surface area contributed by atoms with Crippen LogP contribution in [0.2, 0.25) is 0 Å². The van der Waals surface area contributed by atoms with E-state index in [-0.39, 0.29) is 24.2 Å². The van der Waals surface area contributed by atoms with Crippen LogP contribution in [-0.2, 0) is 19.3 Å². The summed E-state index contributed by atoms with van der Waals surface area (Å²) in [5.74, 6) is -4.30. The Morgan fingerprint density at radius 2 is 1.26 bits per heavy atom. The summed E-state index contributed by atoms with van der Waals surface area (Å²) in [7, 11) is 0. The molecule has 0 spiro atoms. The second kappa shape index (κ2) is 8.93. The van der Waals surface area contributed by atoms with Crippen molar-refractivity contribution in [2.24, 2.45) is 0 Å². The molecule has 0 heterocycles. The summed E-state index contributed by atoms with van der Waals surface area (Å²) in [6.07, 6.45) is 2.61. The fourth-order valence-corrected chi connectivity index (χ4v) is 3.89. The molecule has 4 heteroatoms. The summed E-state index contributed by atoms with van der Waals surface area (Å²) in [6, 6.07) is 19.5. The quantitative estimate of drug-likeness (QED) is 0.220. The molecule has 0 aliphatic carbocycles. The van der Waals surface area contributed by atoms with Crippen molar-refractivity contribution >= 4 is 10.8 Å². The van der Waals surface area contributed by atoms with Crippen LogP contribution in [0.4, 0.5) is 17.6 Å². The van der Waals surface area contributed by atoms with Gasteiger partial charge in [0.1, 0.15) is 5.82 Å². The van der Waals surface area contributed by atoms with Crippen LogP contribution < -0.4 is 0 Å². The average molecular weight is 422 g/mol. The minimum Gasteiger partial charge on any atom is -0.206 e. The zero-order valence-electron chi connectivity index (χ0n) is 17.2. The molecule has 0 unspecified atom stereocenters. The fourth-order valence-electron chi connectivity index (χ4n) is 3.89. The maximum absolute atomic E-state index is 15.1. The largest absolute Gasteiger partial charge is 0.206 e. The van der Waals surface area contributed by atoms with Crippen molar-refractivity contribution in [2.75, 3.05) is 0 Å². The standard InChI is InChI=1S/C27H22F4/c1-2-3-17-4-7-19(8-5-17)21-12-13-23-22(16-21)11-10-20(26(23)30)9-6-18-14-24(28)27(31)25(29)15-18/h4-5,7-8,10-16H,2-3,6,9H2,1H3. The van der Waals surface area contributed by atoms with E-state index in [9.17, 15) is 13.2 Å². The molecule has 0 aromatic heterocycles. The minimum atomic E-state index is -1.49. The molecule has 0 N–H and O–H groups in total. The molecule has 0 radical (unpaired) electrons. The van der Waals surface area contributed by atoms with Gasteiger partial charge in [-0.05, 0) is 70.7 Å². The van der Waals surface area contributed by atoms with E-state index in [2.05, 4.69) is 31.2 Å². The molecule has 0 saturated carbocycles. The molecule has 0 fully saturated rings. The predicted molar refractivity (Wildman–Crippen MR) is 117 cm³/mol. The lowest BCUT2D eigenvalue weighted by Crippen LogP contribution is -1.99. The second-order valence-corrected chi connectivity index (χ2v) is 7.79. The zero-order valence-corrected chi connectivity index (χ0v) is 17.2. The summed E-state index contributed by atoms with van der Waals surface area (Å²) in [5.41, 5.74) is 4.13. The number of hydrogen-bond donors (Lipinski definition) is 0. The highest BCUT2D eigenvalue weighted by Crippen LogP contribution is 2.28. The molecular weight excluding hydrogens is 400 g/mol. The highest BCUT2D eigenvalue weighted by Gasteiger charge is 2.13. The first kappa shape index (κ1) is 21.1. The topological polar surface area (TPSA) is 0 Å². The van der Waals surface area contributed by atoms with Gasteiger partial charge in [-0.15, -0.1) is 0 Å². The first-order valence-electron chi connectivity index (χ1n) is 10.4. The lowest BCUT2D eigenvalue weighted by Gasteiger charge is -2.10. The van der Waals surface area contributed by atoms with Gasteiger partial charge < -0.3 is 0 Å². The summed E-state index contributed by atoms with van der Waals surface area (Å²) in [4.78, 5) is 0. The second-order valence-electron chi connectivity index (χ2n) is 7.79. The van der Waals surface area contributed by atoms with Gasteiger partial charge in [-0.3, -0.25) is 0 Å². The van der Waals surface area contributed by atoms with Crippen molar-refractivity contribution in [3.8, 4) is 11.1 Å². The first-order valence-corrected chi connectivity index (χ1v) is 10.4. The van der Waals surface area contributed by atoms with Crippen molar-refractivity contribution in [3.05, 3.63) is 107 Å². The number of aryl methyl sites for hydroxylation is 3. The zero-order chi connectivity index (χ0) is 22.0. The first-order chi connectivity index (χ1) is 15.0. The smallest absolute Gasteiger partial charge is 0.194 e. The van der Waals surface area contributed by atoms with Gasteiger partial charge in [0.25, 0.3) is 0 Å². The Kier molecular flexibility index (Phi) is 6.08. The molecular formula is C27H22F4. The lowest BCUT2D eigenvalue weighted by atomic mass is 9.96. The Labute approximate surface area is 179 Å². The molecule has 0 aliphatic rings. The number of halogens is 4. The van der Waals surface area contributed by atoms with Gasteiger partial charge >= 0.3 is 0 Å². The van der Waals surface area contributed by atoms with E-state index in [1.807, 2.05) is 18.2 Å². The summed E-state index contributed by atoms with van der Waals surface area (Å²) >= 11 is 0. The van der Waals surface area contributed by atoms with Crippen molar-refractivity contribution in [1.29, 1.82) is 0 Å². The highest BCUT2D eigenvalue weighted by atomic mass is 19.2. The Balaban J connectivity index is 1.57. The lowest BCUT2D eigenvalue weighted by molar-refractivity contribution is 0.445. The van der Waals surface area contributed by atoms with E-state index in [1.165, 1.54) is 5.56 Å². The van der Waals surface area contributed by atoms with E-state index < -0.39 is 17.5 Å². The van der Waals surface area contributed by atoms with Gasteiger partial charge in [0.15, 0.2) is 17.5 Å². The van der Waals surface area contributed by atoms with Crippen LogP contribution in [0.5, 0.6) is 0 Å². The van der Waals surface area contributed by atoms with Crippen LogP contribution in [0, 0.1) is 23.3 Å². The van der Waals surface area contributed by atoms with E-state index in [0.717, 1.165) is 41.5 Å². The molecule has 0 atom stereocenters. The predicted octanol–water partition coefficient (Wildman–Crippen LogP) is 7.80. The van der Waals surface area contributed by atoms with Crippen LogP contribution in [0.3, 0.4) is 0 Å². The summed E-state index contributed by atoms with van der Waals surface area (Å²) in [6.45, 7) is 2.15. The van der Waals surface area contributed by atoms with Crippen LogP contribution in [0.25, 0.3) is 21.9 Å². The number of hydrogen-bond acceptors (Lipinski definition) is 0. The van der Waals surface area contributed by atoms with Crippen molar-refractivity contribution in [2.45, 2.75) is 32.6 Å². The van der Waals surface area contributed by atoms with Gasteiger partial charge in [-0.2, -0.15) is 0 Å². The van der Waals surface area contributed by atoms with Crippen molar-refractivity contribution in [3.63, 3.8) is 0 Å². The summed E-state index contributed by atoms with van der Waals surface area (Å²) in [5, 5.41) is 1.29. The number of rotatable bonds is 6. The van der Waals surface area contributed by atoms with E-state index in [4.69, 9.17) is 0 Å². The molecule has 0 aliphatic heterocycles. The van der Waals surface area contributed by atoms with E-state index in [1.54, 1.807) is 12.1 Å². The van der Waals surface area contributed by atoms with Crippen LogP contribution in [-0.4, -0.2) is 0 Å². The molecule has 0 saturated heterocycles. The number of benzene rings is 4. The third-order valence-corrected chi connectivity index (χ3v) is 5.59. The van der Waals surface area contributed by atoms with Crippen molar-refractivity contribution in [1.82, 2.24) is 0 Å². The summed E-state index contributed by atoms with van der Waals surface area (Å²) < 4.78 is 55.0. The Morgan fingerprint density at radius 3 is 1.94 bits per heavy atom. The maximum atomic E-state index is 15.1. The van der Waals surface area contributed by atoms with Gasteiger partial charge in [-0.25, -0.2) is 17.6 Å². The molecule has 0 amide bonds. The highest BCUT2D eigenvalue weighted by molar-refractivity contribution is 5.88. The minimum absolute atomic E-state index is 0.207. The van der Waals surface area contributed by atoms with Crippen LogP contribution in [0.15, 0.2) is 66.7 Å². The van der Waals surface area contributed by atoms with E-state index >= 15 is 4.39 Å². The molecule has 4 aromatic rings. The van der Waals surface area contributed by atoms with Gasteiger partial charge in [0.2, 0.25) is 0 Å². The Morgan fingerprint density at radius 1 is 0.581 bits per heavy atom. The Hall–Kier alpha value is -3.14. The van der Waals surface area contributed by atoms with Gasteiger partial charge in [0, 0.05) is 5.39 Å². The van der Waals surface area contributed by atoms with Gasteiger partial charge in [0.05, 0.1) is 0 Å². The maximum Gasteiger partial charge on any atom is 0.194 e. The van der Waals surface area contributed by atoms with Crippen LogP contribution >= 0.6 is 0 Å². The van der Waals surface area contributed by atoms with E-state index in [0.29, 0.717) is 10.9 Å². The molecule has 0 bridgehead atoms. The van der Waals surface area contributed by atoms with Gasteiger partial charge in [-0.1, -0.05) is 61.9 Å². The molecule has 0 nitrogen and oxygen atoms in total. The molecule has 31 heavy (non-hydrogen) atoms. The van der Waals surface area contributed by atoms with Crippen LogP contribution in [0.1, 0.15) is 30.0 Å². The average Bonchev–Trinajstić information content (AvgIpc) is 2.77. The molecule has 4 rings (SSSR count). The normalized spacial score (nSPS) is 11.3. The SMILES string of the molecule is CCCc1ccc(-c2ccc3c(F)c(CCc4cc(F)c(F)c(F)c4)ccc3c2)cc1. The molecule has 158 valence electrons. The number of fused-ring (bicyclic) bond motifs is 1. The Bertz CT molecular complexity index is 1200. The fraction of sp³-hybridized carbons (Fsp3) is 0.185. The monoisotopic (exact) mass is 422 g/mol. The third kappa shape index (κ3) is 4.48. The van der Waals surface area contributed by atoms with Crippen molar-refractivity contribution < 1.29 is 17.6 Å². The molecule has 4 aromatic carbocycles. The third-order valence-electron chi connectivity index (χ3n) is 5.59.